The fourth-order valence-electron chi connectivity index (χ4n) is 1.08. The van der Waals surface area contributed by atoms with Gasteiger partial charge in [0.2, 0.25) is 0 Å². The number of aryl methyl sites for hydroxylation is 2. The van der Waals surface area contributed by atoms with Crippen molar-refractivity contribution >= 4 is 11.3 Å². The van der Waals surface area contributed by atoms with Gasteiger partial charge in [0.15, 0.2) is 0 Å². The van der Waals surface area contributed by atoms with Crippen molar-refractivity contribution < 1.29 is 0 Å². The minimum Gasteiger partial charge on any atom is -0.247 e. The van der Waals surface area contributed by atoms with Gasteiger partial charge < -0.3 is 0 Å². The molecular formula is C9H15NS. The molecule has 0 saturated heterocycles. The molecule has 0 aliphatic rings. The van der Waals surface area contributed by atoms with Gasteiger partial charge in [0.25, 0.3) is 0 Å². The molecule has 1 nitrogen and oxygen atoms in total. The number of hydrogen-bond donors (Lipinski definition) is 0. The number of hydrogen-bond acceptors (Lipinski definition) is 2. The van der Waals surface area contributed by atoms with Crippen LogP contribution in [0.15, 0.2) is 5.38 Å². The largest absolute Gasteiger partial charge is 0.247 e. The molecule has 0 N–H and O–H groups in total. The third-order valence-electron chi connectivity index (χ3n) is 1.70. The number of thiazole rings is 1. The summed E-state index contributed by atoms with van der Waals surface area (Å²) in [6.45, 7) is 4.29. The predicted octanol–water partition coefficient (Wildman–Crippen LogP) is 3.18. The molecule has 0 fully saturated rings. The van der Waals surface area contributed by atoms with Crippen LogP contribution in [0.1, 0.15) is 36.9 Å². The molecule has 62 valence electrons. The quantitative estimate of drug-likeness (QED) is 0.631. The normalized spacial score (nSPS) is 10.4. The lowest BCUT2D eigenvalue weighted by molar-refractivity contribution is 0.709. The summed E-state index contributed by atoms with van der Waals surface area (Å²) < 4.78 is 0. The Morgan fingerprint density at radius 2 is 2.27 bits per heavy atom. The van der Waals surface area contributed by atoms with E-state index < -0.39 is 0 Å². The third kappa shape index (κ3) is 3.02. The summed E-state index contributed by atoms with van der Waals surface area (Å²) >= 11 is 1.75. The first-order valence-electron chi connectivity index (χ1n) is 4.24. The van der Waals surface area contributed by atoms with E-state index in [1.54, 1.807) is 11.3 Å². The summed E-state index contributed by atoms with van der Waals surface area (Å²) in [5, 5.41) is 3.36. The maximum Gasteiger partial charge on any atom is 0.0897 e. The van der Waals surface area contributed by atoms with E-state index in [1.165, 1.54) is 30.0 Å². The first-order valence-corrected chi connectivity index (χ1v) is 5.12. The highest BCUT2D eigenvalue weighted by atomic mass is 32.1. The Hall–Kier alpha value is -0.370. The van der Waals surface area contributed by atoms with Crippen LogP contribution >= 0.6 is 11.3 Å². The topological polar surface area (TPSA) is 12.9 Å². The van der Waals surface area contributed by atoms with Crippen LogP contribution in [0.5, 0.6) is 0 Å². The molecule has 0 unspecified atom stereocenters. The predicted molar refractivity (Wildman–Crippen MR) is 50.1 cm³/mol. The van der Waals surface area contributed by atoms with Gasteiger partial charge in [-0.05, 0) is 19.8 Å². The van der Waals surface area contributed by atoms with Gasteiger partial charge in [-0.15, -0.1) is 11.3 Å². The molecule has 0 amide bonds. The first-order chi connectivity index (χ1) is 5.33. The lowest BCUT2D eigenvalue weighted by Crippen LogP contribution is -1.84. The van der Waals surface area contributed by atoms with Gasteiger partial charge >= 0.3 is 0 Å². The molecule has 1 aromatic heterocycles. The van der Waals surface area contributed by atoms with Crippen molar-refractivity contribution in [3.63, 3.8) is 0 Å². The molecule has 0 aliphatic carbocycles. The summed E-state index contributed by atoms with van der Waals surface area (Å²) in [5.74, 6) is 0. The van der Waals surface area contributed by atoms with Crippen LogP contribution in [0, 0.1) is 6.92 Å². The van der Waals surface area contributed by atoms with Gasteiger partial charge in [0.05, 0.1) is 10.7 Å². The van der Waals surface area contributed by atoms with Crippen molar-refractivity contribution in [2.45, 2.75) is 39.5 Å². The summed E-state index contributed by atoms with van der Waals surface area (Å²) in [5.41, 5.74) is 1.28. The summed E-state index contributed by atoms with van der Waals surface area (Å²) in [7, 11) is 0. The van der Waals surface area contributed by atoms with Crippen molar-refractivity contribution in [2.24, 2.45) is 0 Å². The maximum atomic E-state index is 4.40. The molecule has 0 spiro atoms. The molecule has 1 aromatic rings. The van der Waals surface area contributed by atoms with Crippen molar-refractivity contribution in [1.29, 1.82) is 0 Å². The number of nitrogens with zero attached hydrogens (tertiary/aromatic N) is 1. The second-order valence-electron chi connectivity index (χ2n) is 2.81. The van der Waals surface area contributed by atoms with E-state index in [2.05, 4.69) is 24.2 Å². The van der Waals surface area contributed by atoms with Crippen LogP contribution in [-0.4, -0.2) is 4.98 Å². The Balaban J connectivity index is 2.27. The standard InChI is InChI=1S/C9H15NS/c1-3-4-5-6-9-7-11-8(2)10-9/h7H,3-6H2,1-2H3. The monoisotopic (exact) mass is 169 g/mol. The molecule has 2 heteroatoms. The summed E-state index contributed by atoms with van der Waals surface area (Å²) in [6.07, 6.45) is 5.08. The Labute approximate surface area is 72.5 Å². The van der Waals surface area contributed by atoms with Crippen LogP contribution in [0.3, 0.4) is 0 Å². The molecule has 1 rings (SSSR count). The van der Waals surface area contributed by atoms with E-state index in [9.17, 15) is 0 Å². The van der Waals surface area contributed by atoms with Crippen molar-refractivity contribution in [3.05, 3.63) is 16.1 Å². The van der Waals surface area contributed by atoms with E-state index in [4.69, 9.17) is 0 Å². The van der Waals surface area contributed by atoms with Gasteiger partial charge in [-0.2, -0.15) is 0 Å². The van der Waals surface area contributed by atoms with Crippen molar-refractivity contribution in [2.75, 3.05) is 0 Å². The maximum absolute atomic E-state index is 4.40. The van der Waals surface area contributed by atoms with Crippen molar-refractivity contribution in [3.8, 4) is 0 Å². The first kappa shape index (κ1) is 8.72. The minimum absolute atomic E-state index is 1.16. The zero-order chi connectivity index (χ0) is 8.10. The number of aromatic nitrogens is 1. The molecule has 0 aromatic carbocycles. The fourth-order valence-corrected chi connectivity index (χ4v) is 1.73. The Morgan fingerprint density at radius 1 is 1.45 bits per heavy atom. The van der Waals surface area contributed by atoms with Crippen molar-refractivity contribution in [1.82, 2.24) is 4.98 Å². The van der Waals surface area contributed by atoms with Gasteiger partial charge in [-0.3, -0.25) is 0 Å². The molecular weight excluding hydrogens is 154 g/mol. The van der Waals surface area contributed by atoms with E-state index in [0.29, 0.717) is 0 Å². The second kappa shape index (κ2) is 4.50. The Bertz CT molecular complexity index is 205. The van der Waals surface area contributed by atoms with Gasteiger partial charge in [-0.1, -0.05) is 19.8 Å². The molecule has 0 bridgehead atoms. The highest BCUT2D eigenvalue weighted by Gasteiger charge is 1.96. The van der Waals surface area contributed by atoms with Crippen LogP contribution in [-0.2, 0) is 6.42 Å². The smallest absolute Gasteiger partial charge is 0.0897 e. The summed E-state index contributed by atoms with van der Waals surface area (Å²) in [4.78, 5) is 4.40. The number of rotatable bonds is 4. The van der Waals surface area contributed by atoms with E-state index in [1.807, 2.05) is 0 Å². The SMILES string of the molecule is CCCCCc1csc(C)n1. The van der Waals surface area contributed by atoms with E-state index >= 15 is 0 Å². The van der Waals surface area contributed by atoms with Crippen LogP contribution < -0.4 is 0 Å². The van der Waals surface area contributed by atoms with E-state index in [0.717, 1.165) is 6.42 Å². The second-order valence-corrected chi connectivity index (χ2v) is 3.88. The fraction of sp³-hybridized carbons (Fsp3) is 0.667. The zero-order valence-corrected chi connectivity index (χ0v) is 8.08. The minimum atomic E-state index is 1.16. The highest BCUT2D eigenvalue weighted by Crippen LogP contribution is 2.10. The van der Waals surface area contributed by atoms with Gasteiger partial charge in [-0.25, -0.2) is 4.98 Å². The average molecular weight is 169 g/mol. The third-order valence-corrected chi connectivity index (χ3v) is 2.53. The molecule has 0 aliphatic heterocycles. The Morgan fingerprint density at radius 3 is 2.82 bits per heavy atom. The van der Waals surface area contributed by atoms with Gasteiger partial charge in [0, 0.05) is 5.38 Å². The number of unbranched alkanes of at least 4 members (excludes halogenated alkanes) is 2. The lowest BCUT2D eigenvalue weighted by Gasteiger charge is -1.93. The van der Waals surface area contributed by atoms with Crippen LogP contribution in [0.25, 0.3) is 0 Å². The average Bonchev–Trinajstić information content (AvgIpc) is 2.37. The Kier molecular flexibility index (Phi) is 3.57. The molecule has 0 atom stereocenters. The highest BCUT2D eigenvalue weighted by molar-refractivity contribution is 7.09. The molecule has 11 heavy (non-hydrogen) atoms. The lowest BCUT2D eigenvalue weighted by atomic mass is 10.2. The van der Waals surface area contributed by atoms with Crippen LogP contribution in [0.2, 0.25) is 0 Å². The van der Waals surface area contributed by atoms with Crippen LogP contribution in [0.4, 0.5) is 0 Å². The molecule has 0 radical (unpaired) electrons. The molecule has 1 heterocycles. The summed E-state index contributed by atoms with van der Waals surface area (Å²) in [6, 6.07) is 0. The van der Waals surface area contributed by atoms with Gasteiger partial charge in [0.1, 0.15) is 0 Å². The zero-order valence-electron chi connectivity index (χ0n) is 7.26. The molecule has 0 saturated carbocycles. The van der Waals surface area contributed by atoms with E-state index in [-0.39, 0.29) is 0 Å².